The first kappa shape index (κ1) is 13.8. The quantitative estimate of drug-likeness (QED) is 0.879. The summed E-state index contributed by atoms with van der Waals surface area (Å²) in [5, 5.41) is 2.91. The third-order valence-electron chi connectivity index (χ3n) is 3.61. The zero-order chi connectivity index (χ0) is 14.8. The van der Waals surface area contributed by atoms with Crippen molar-refractivity contribution in [1.29, 1.82) is 0 Å². The fourth-order valence-electron chi connectivity index (χ4n) is 2.23. The van der Waals surface area contributed by atoms with E-state index in [9.17, 15) is 9.18 Å². The normalized spacial score (nSPS) is 14.2. The van der Waals surface area contributed by atoms with Crippen LogP contribution in [0.25, 0.3) is 0 Å². The Bertz CT molecular complexity index is 709. The van der Waals surface area contributed by atoms with Gasteiger partial charge in [-0.15, -0.1) is 0 Å². The summed E-state index contributed by atoms with van der Waals surface area (Å²) in [6.45, 7) is 0.518. The molecule has 1 fully saturated rings. The van der Waals surface area contributed by atoms with Crippen LogP contribution < -0.4 is 16.6 Å². The summed E-state index contributed by atoms with van der Waals surface area (Å²) in [6, 6.07) is 5.16. The first-order chi connectivity index (χ1) is 10.2. The highest BCUT2D eigenvalue weighted by Gasteiger charge is 2.25. The number of nitrogens with two attached hydrogens (primary N) is 1. The Balaban J connectivity index is 1.76. The second-order valence-electron chi connectivity index (χ2n) is 5.20. The van der Waals surface area contributed by atoms with Gasteiger partial charge in [0, 0.05) is 37.1 Å². The number of aromatic nitrogens is 2. The number of hydrogen-bond acceptors (Lipinski definition) is 4. The van der Waals surface area contributed by atoms with Gasteiger partial charge in [-0.1, -0.05) is 12.1 Å². The van der Waals surface area contributed by atoms with Crippen molar-refractivity contribution in [3.05, 3.63) is 57.9 Å². The molecule has 5 nitrogen and oxygen atoms in total. The van der Waals surface area contributed by atoms with Gasteiger partial charge in [-0.2, -0.15) is 0 Å². The highest BCUT2D eigenvalue weighted by molar-refractivity contribution is 5.34. The van der Waals surface area contributed by atoms with Gasteiger partial charge in [0.25, 0.3) is 5.56 Å². The number of anilines is 1. The standard InChI is InChI=1S/C15H17FN4O/c16-13-7-10(8-17)1-2-11(13)9-19-14-15(21)20(6-5-18-14)12-3-4-12/h1-2,5-7,12H,3-4,8-9,17H2,(H,18,19). The van der Waals surface area contributed by atoms with Crippen molar-refractivity contribution in [3.8, 4) is 0 Å². The molecule has 0 bridgehead atoms. The zero-order valence-electron chi connectivity index (χ0n) is 11.6. The van der Waals surface area contributed by atoms with E-state index in [1.807, 2.05) is 0 Å². The minimum absolute atomic E-state index is 0.154. The van der Waals surface area contributed by atoms with Crippen molar-refractivity contribution < 1.29 is 4.39 Å². The fraction of sp³-hybridized carbons (Fsp3) is 0.333. The molecule has 6 heteroatoms. The molecule has 0 saturated heterocycles. The van der Waals surface area contributed by atoms with Crippen LogP contribution in [-0.2, 0) is 13.1 Å². The van der Waals surface area contributed by atoms with Gasteiger partial charge in [-0.05, 0) is 24.5 Å². The molecule has 1 aromatic carbocycles. The SMILES string of the molecule is NCc1ccc(CNc2nccn(C3CC3)c2=O)c(F)c1. The molecular weight excluding hydrogens is 271 g/mol. The minimum atomic E-state index is -0.330. The lowest BCUT2D eigenvalue weighted by Gasteiger charge is -2.09. The summed E-state index contributed by atoms with van der Waals surface area (Å²) in [4.78, 5) is 16.2. The molecule has 0 amide bonds. The van der Waals surface area contributed by atoms with Gasteiger partial charge in [0.1, 0.15) is 5.82 Å². The molecule has 110 valence electrons. The average molecular weight is 288 g/mol. The number of rotatable bonds is 5. The molecule has 1 aliphatic rings. The molecule has 21 heavy (non-hydrogen) atoms. The van der Waals surface area contributed by atoms with Crippen LogP contribution in [-0.4, -0.2) is 9.55 Å². The lowest BCUT2D eigenvalue weighted by atomic mass is 10.1. The monoisotopic (exact) mass is 288 g/mol. The number of hydrogen-bond donors (Lipinski definition) is 2. The Morgan fingerprint density at radius 2 is 2.24 bits per heavy atom. The highest BCUT2D eigenvalue weighted by Crippen LogP contribution is 2.33. The Morgan fingerprint density at radius 3 is 2.90 bits per heavy atom. The second-order valence-corrected chi connectivity index (χ2v) is 5.20. The van der Waals surface area contributed by atoms with Crippen LogP contribution in [0, 0.1) is 5.82 Å². The van der Waals surface area contributed by atoms with E-state index in [4.69, 9.17) is 5.73 Å². The molecule has 1 heterocycles. The molecule has 0 radical (unpaired) electrons. The predicted molar refractivity (Wildman–Crippen MR) is 78.4 cm³/mol. The van der Waals surface area contributed by atoms with Crippen LogP contribution in [0.5, 0.6) is 0 Å². The van der Waals surface area contributed by atoms with Crippen molar-refractivity contribution in [2.45, 2.75) is 32.0 Å². The van der Waals surface area contributed by atoms with E-state index in [0.717, 1.165) is 18.4 Å². The highest BCUT2D eigenvalue weighted by atomic mass is 19.1. The fourth-order valence-corrected chi connectivity index (χ4v) is 2.23. The molecule has 0 unspecified atom stereocenters. The van der Waals surface area contributed by atoms with E-state index in [1.165, 1.54) is 6.07 Å². The Hall–Kier alpha value is -2.21. The summed E-state index contributed by atoms with van der Waals surface area (Å²) in [5.74, 6) is -0.0735. The van der Waals surface area contributed by atoms with Crippen LogP contribution >= 0.6 is 0 Å². The predicted octanol–water partition coefficient (Wildman–Crippen LogP) is 1.79. The summed E-state index contributed by atoms with van der Waals surface area (Å²) < 4.78 is 15.5. The van der Waals surface area contributed by atoms with Crippen molar-refractivity contribution in [2.75, 3.05) is 5.32 Å². The van der Waals surface area contributed by atoms with Crippen LogP contribution in [0.4, 0.5) is 10.2 Å². The van der Waals surface area contributed by atoms with Gasteiger partial charge in [0.05, 0.1) is 0 Å². The third-order valence-corrected chi connectivity index (χ3v) is 3.61. The Morgan fingerprint density at radius 1 is 1.43 bits per heavy atom. The van der Waals surface area contributed by atoms with E-state index < -0.39 is 0 Å². The topological polar surface area (TPSA) is 72.9 Å². The van der Waals surface area contributed by atoms with E-state index in [1.54, 1.807) is 29.1 Å². The van der Waals surface area contributed by atoms with Gasteiger partial charge >= 0.3 is 0 Å². The number of nitrogens with one attached hydrogen (secondary N) is 1. The maximum Gasteiger partial charge on any atom is 0.293 e. The first-order valence-electron chi connectivity index (χ1n) is 6.97. The number of benzene rings is 1. The smallest absolute Gasteiger partial charge is 0.293 e. The van der Waals surface area contributed by atoms with Gasteiger partial charge < -0.3 is 15.6 Å². The molecule has 1 aliphatic carbocycles. The van der Waals surface area contributed by atoms with Crippen LogP contribution in [0.3, 0.4) is 0 Å². The van der Waals surface area contributed by atoms with Crippen LogP contribution in [0.15, 0.2) is 35.4 Å². The average Bonchev–Trinajstić information content (AvgIpc) is 3.32. The maximum atomic E-state index is 13.9. The van der Waals surface area contributed by atoms with Gasteiger partial charge in [-0.25, -0.2) is 9.37 Å². The molecule has 0 aliphatic heterocycles. The lowest BCUT2D eigenvalue weighted by Crippen LogP contribution is -2.23. The Labute approximate surface area is 121 Å². The van der Waals surface area contributed by atoms with E-state index in [0.29, 0.717) is 18.2 Å². The summed E-state index contributed by atoms with van der Waals surface area (Å²) in [7, 11) is 0. The van der Waals surface area contributed by atoms with Crippen molar-refractivity contribution in [2.24, 2.45) is 5.73 Å². The molecule has 1 saturated carbocycles. The lowest BCUT2D eigenvalue weighted by molar-refractivity contribution is 0.610. The first-order valence-corrected chi connectivity index (χ1v) is 6.97. The largest absolute Gasteiger partial charge is 0.361 e. The van der Waals surface area contributed by atoms with Crippen molar-refractivity contribution in [1.82, 2.24) is 9.55 Å². The molecule has 0 spiro atoms. The molecule has 2 aromatic rings. The van der Waals surface area contributed by atoms with Gasteiger partial charge in [-0.3, -0.25) is 4.79 Å². The minimum Gasteiger partial charge on any atom is -0.361 e. The van der Waals surface area contributed by atoms with Crippen LogP contribution in [0.1, 0.15) is 30.0 Å². The molecule has 3 rings (SSSR count). The van der Waals surface area contributed by atoms with E-state index >= 15 is 0 Å². The summed E-state index contributed by atoms with van der Waals surface area (Å²) in [6.07, 6.45) is 5.34. The summed E-state index contributed by atoms with van der Waals surface area (Å²) >= 11 is 0. The van der Waals surface area contributed by atoms with Crippen LogP contribution in [0.2, 0.25) is 0 Å². The molecule has 3 N–H and O–H groups in total. The van der Waals surface area contributed by atoms with Crippen molar-refractivity contribution in [3.63, 3.8) is 0 Å². The van der Waals surface area contributed by atoms with E-state index in [2.05, 4.69) is 10.3 Å². The Kier molecular flexibility index (Phi) is 3.70. The number of halogens is 1. The third kappa shape index (κ3) is 2.95. The van der Waals surface area contributed by atoms with Gasteiger partial charge in [0.2, 0.25) is 0 Å². The maximum absolute atomic E-state index is 13.9. The van der Waals surface area contributed by atoms with Gasteiger partial charge in [0.15, 0.2) is 5.82 Å². The molecular formula is C15H17FN4O. The molecule has 1 aromatic heterocycles. The van der Waals surface area contributed by atoms with E-state index in [-0.39, 0.29) is 23.7 Å². The second kappa shape index (κ2) is 5.65. The van der Waals surface area contributed by atoms with Crippen molar-refractivity contribution >= 4 is 5.82 Å². The number of nitrogens with zero attached hydrogens (tertiary/aromatic N) is 2. The zero-order valence-corrected chi connectivity index (χ0v) is 11.6. The molecule has 0 atom stereocenters. The summed E-state index contributed by atoms with van der Waals surface area (Å²) in [5.41, 5.74) is 6.54.